The molecule has 0 saturated carbocycles. The lowest BCUT2D eigenvalue weighted by Gasteiger charge is -2.06. The Morgan fingerprint density at radius 2 is 1.94 bits per heavy atom. The predicted octanol–water partition coefficient (Wildman–Crippen LogP) is 4.90. The van der Waals surface area contributed by atoms with Gasteiger partial charge in [-0.2, -0.15) is 0 Å². The van der Waals surface area contributed by atoms with Crippen LogP contribution in [0.2, 0.25) is 0 Å². The van der Waals surface area contributed by atoms with E-state index < -0.39 is 0 Å². The zero-order chi connectivity index (χ0) is 12.1. The van der Waals surface area contributed by atoms with Crippen LogP contribution in [-0.4, -0.2) is 5.88 Å². The molecule has 17 heavy (non-hydrogen) atoms. The molecule has 0 amide bonds. The van der Waals surface area contributed by atoms with Gasteiger partial charge in [0.05, 0.1) is 6.54 Å². The highest BCUT2D eigenvalue weighted by Gasteiger charge is 2.00. The molecule has 0 fully saturated rings. The van der Waals surface area contributed by atoms with E-state index in [4.69, 9.17) is 11.6 Å². The highest BCUT2D eigenvalue weighted by atomic mass is 79.9. The van der Waals surface area contributed by atoms with E-state index in [0.29, 0.717) is 5.88 Å². The van der Waals surface area contributed by atoms with E-state index in [0.717, 1.165) is 18.7 Å². The fourth-order valence-corrected chi connectivity index (χ4v) is 3.18. The standard InChI is InChI=1S/C13H13BrClNS/c14-12-6-8-17-13(12)9-16-11-3-1-10(2-4-11)5-7-15/h1-4,6,8,16H,5,7,9H2. The van der Waals surface area contributed by atoms with Crippen LogP contribution < -0.4 is 5.32 Å². The summed E-state index contributed by atoms with van der Waals surface area (Å²) < 4.78 is 1.17. The molecule has 90 valence electrons. The number of hydrogen-bond acceptors (Lipinski definition) is 2. The van der Waals surface area contributed by atoms with Crippen molar-refractivity contribution in [2.75, 3.05) is 11.2 Å². The number of halogens is 2. The molecule has 1 heterocycles. The Morgan fingerprint density at radius 1 is 1.18 bits per heavy atom. The van der Waals surface area contributed by atoms with Gasteiger partial charge in [0, 0.05) is 20.9 Å². The molecule has 0 saturated heterocycles. The Balaban J connectivity index is 1.93. The lowest BCUT2D eigenvalue weighted by atomic mass is 10.1. The summed E-state index contributed by atoms with van der Waals surface area (Å²) in [5, 5.41) is 5.49. The molecular formula is C13H13BrClNS. The van der Waals surface area contributed by atoms with Crippen molar-refractivity contribution in [2.24, 2.45) is 0 Å². The number of alkyl halides is 1. The molecular weight excluding hydrogens is 318 g/mol. The topological polar surface area (TPSA) is 12.0 Å². The summed E-state index contributed by atoms with van der Waals surface area (Å²) in [4.78, 5) is 1.31. The first-order valence-corrected chi connectivity index (χ1v) is 7.61. The number of anilines is 1. The monoisotopic (exact) mass is 329 g/mol. The van der Waals surface area contributed by atoms with Gasteiger partial charge >= 0.3 is 0 Å². The van der Waals surface area contributed by atoms with Crippen molar-refractivity contribution < 1.29 is 0 Å². The number of hydrogen-bond donors (Lipinski definition) is 1. The normalized spacial score (nSPS) is 10.5. The van der Waals surface area contributed by atoms with Gasteiger partial charge in [-0.15, -0.1) is 22.9 Å². The molecule has 0 spiro atoms. The summed E-state index contributed by atoms with van der Waals surface area (Å²) in [7, 11) is 0. The van der Waals surface area contributed by atoms with E-state index in [2.05, 4.69) is 57.0 Å². The minimum atomic E-state index is 0.676. The quantitative estimate of drug-likeness (QED) is 0.769. The number of benzene rings is 1. The third kappa shape index (κ3) is 3.73. The van der Waals surface area contributed by atoms with E-state index in [1.807, 2.05) is 0 Å². The molecule has 2 aromatic rings. The van der Waals surface area contributed by atoms with Crippen molar-refractivity contribution in [2.45, 2.75) is 13.0 Å². The van der Waals surface area contributed by atoms with Crippen LogP contribution in [0.25, 0.3) is 0 Å². The molecule has 0 radical (unpaired) electrons. The zero-order valence-corrected chi connectivity index (χ0v) is 12.4. The number of aryl methyl sites for hydroxylation is 1. The van der Waals surface area contributed by atoms with E-state index >= 15 is 0 Å². The number of rotatable bonds is 5. The molecule has 0 aliphatic rings. The molecule has 0 bridgehead atoms. The SMILES string of the molecule is ClCCc1ccc(NCc2sccc2Br)cc1. The third-order valence-corrected chi connectivity index (χ3v) is 4.60. The molecule has 0 atom stereocenters. The van der Waals surface area contributed by atoms with Crippen molar-refractivity contribution in [3.63, 3.8) is 0 Å². The van der Waals surface area contributed by atoms with E-state index in [-0.39, 0.29) is 0 Å². The van der Waals surface area contributed by atoms with E-state index in [1.54, 1.807) is 11.3 Å². The first kappa shape index (κ1) is 12.9. The Labute approximate surface area is 119 Å². The predicted molar refractivity (Wildman–Crippen MR) is 80.2 cm³/mol. The summed E-state index contributed by atoms with van der Waals surface area (Å²) in [5.41, 5.74) is 2.42. The second-order valence-corrected chi connectivity index (χ2v) is 5.91. The molecule has 1 aromatic carbocycles. The maximum absolute atomic E-state index is 5.70. The van der Waals surface area contributed by atoms with Gasteiger partial charge in [0.2, 0.25) is 0 Å². The average Bonchev–Trinajstić information content (AvgIpc) is 2.75. The molecule has 2 rings (SSSR count). The summed E-state index contributed by atoms with van der Waals surface area (Å²) in [6.07, 6.45) is 0.929. The Kier molecular flexibility index (Phi) is 4.89. The second-order valence-electron chi connectivity index (χ2n) is 3.68. The van der Waals surface area contributed by atoms with E-state index in [9.17, 15) is 0 Å². The van der Waals surface area contributed by atoms with Crippen LogP contribution >= 0.6 is 38.9 Å². The van der Waals surface area contributed by atoms with Crippen LogP contribution in [0, 0.1) is 0 Å². The Hall–Kier alpha value is -0.510. The Morgan fingerprint density at radius 3 is 2.53 bits per heavy atom. The fraction of sp³-hybridized carbons (Fsp3) is 0.231. The highest BCUT2D eigenvalue weighted by Crippen LogP contribution is 2.23. The highest BCUT2D eigenvalue weighted by molar-refractivity contribution is 9.10. The van der Waals surface area contributed by atoms with Crippen LogP contribution in [0.15, 0.2) is 40.2 Å². The van der Waals surface area contributed by atoms with Crippen molar-refractivity contribution in [1.82, 2.24) is 0 Å². The van der Waals surface area contributed by atoms with Gasteiger partial charge in [-0.25, -0.2) is 0 Å². The van der Waals surface area contributed by atoms with Crippen molar-refractivity contribution in [3.8, 4) is 0 Å². The first-order valence-electron chi connectivity index (χ1n) is 5.40. The number of nitrogens with one attached hydrogen (secondary N) is 1. The van der Waals surface area contributed by atoms with Gasteiger partial charge in [0.25, 0.3) is 0 Å². The van der Waals surface area contributed by atoms with Gasteiger partial charge < -0.3 is 5.32 Å². The lowest BCUT2D eigenvalue weighted by molar-refractivity contribution is 1.14. The molecule has 0 unspecified atom stereocenters. The van der Waals surface area contributed by atoms with Crippen molar-refractivity contribution >= 4 is 44.6 Å². The largest absolute Gasteiger partial charge is 0.380 e. The van der Waals surface area contributed by atoms with Gasteiger partial charge in [-0.05, 0) is 51.5 Å². The van der Waals surface area contributed by atoms with Gasteiger partial charge in [0.1, 0.15) is 0 Å². The second kappa shape index (κ2) is 6.43. The summed E-state index contributed by atoms with van der Waals surface area (Å²) in [5.74, 6) is 0.676. The maximum atomic E-state index is 5.70. The summed E-state index contributed by atoms with van der Waals surface area (Å²) in [6.45, 7) is 0.854. The van der Waals surface area contributed by atoms with E-state index in [1.165, 1.54) is 14.9 Å². The van der Waals surface area contributed by atoms with Crippen LogP contribution in [-0.2, 0) is 13.0 Å². The van der Waals surface area contributed by atoms with Crippen LogP contribution in [0.4, 0.5) is 5.69 Å². The van der Waals surface area contributed by atoms with Crippen molar-refractivity contribution in [3.05, 3.63) is 50.6 Å². The molecule has 1 nitrogen and oxygen atoms in total. The molecule has 4 heteroatoms. The fourth-order valence-electron chi connectivity index (χ4n) is 1.53. The lowest BCUT2D eigenvalue weighted by Crippen LogP contribution is -1.98. The Bertz CT molecular complexity index is 467. The molecule has 1 N–H and O–H groups in total. The smallest absolute Gasteiger partial charge is 0.0505 e. The van der Waals surface area contributed by atoms with Gasteiger partial charge in [0.15, 0.2) is 0 Å². The first-order chi connectivity index (χ1) is 8.29. The van der Waals surface area contributed by atoms with Gasteiger partial charge in [-0.3, -0.25) is 0 Å². The minimum Gasteiger partial charge on any atom is -0.380 e. The molecule has 0 aliphatic heterocycles. The molecule has 0 aliphatic carbocycles. The van der Waals surface area contributed by atoms with Crippen LogP contribution in [0.1, 0.15) is 10.4 Å². The van der Waals surface area contributed by atoms with Crippen LogP contribution in [0.5, 0.6) is 0 Å². The minimum absolute atomic E-state index is 0.676. The van der Waals surface area contributed by atoms with Gasteiger partial charge in [-0.1, -0.05) is 12.1 Å². The molecule has 1 aromatic heterocycles. The van der Waals surface area contributed by atoms with Crippen LogP contribution in [0.3, 0.4) is 0 Å². The number of thiophene rings is 1. The average molecular weight is 331 g/mol. The van der Waals surface area contributed by atoms with Crippen molar-refractivity contribution in [1.29, 1.82) is 0 Å². The summed E-state index contributed by atoms with van der Waals surface area (Å²) in [6, 6.07) is 10.5. The third-order valence-electron chi connectivity index (χ3n) is 2.48. The zero-order valence-electron chi connectivity index (χ0n) is 9.25. The summed E-state index contributed by atoms with van der Waals surface area (Å²) >= 11 is 11.0. The maximum Gasteiger partial charge on any atom is 0.0505 e.